The van der Waals surface area contributed by atoms with E-state index in [4.69, 9.17) is 4.74 Å². The predicted molar refractivity (Wildman–Crippen MR) is 134 cm³/mol. The van der Waals surface area contributed by atoms with Crippen molar-refractivity contribution in [3.05, 3.63) is 39.8 Å². The molecule has 3 aromatic rings. The van der Waals surface area contributed by atoms with Crippen LogP contribution in [0.4, 0.5) is 0 Å². The number of pyridine rings is 1. The number of amides is 1. The summed E-state index contributed by atoms with van der Waals surface area (Å²) in [7, 11) is 0. The maximum Gasteiger partial charge on any atom is 0.259 e. The Balaban J connectivity index is 1.43. The Kier molecular flexibility index (Phi) is 6.44. The summed E-state index contributed by atoms with van der Waals surface area (Å²) >= 11 is 0. The monoisotopic (exact) mass is 465 g/mol. The Morgan fingerprint density at radius 2 is 1.88 bits per heavy atom. The van der Waals surface area contributed by atoms with Gasteiger partial charge in [-0.05, 0) is 51.3 Å². The van der Waals surface area contributed by atoms with Gasteiger partial charge in [0.2, 0.25) is 0 Å². The molecule has 1 saturated heterocycles. The van der Waals surface area contributed by atoms with Crippen LogP contribution in [0, 0.1) is 6.92 Å². The third-order valence-corrected chi connectivity index (χ3v) is 7.33. The number of fused-ring (bicyclic) bond motifs is 3. The number of nitrogens with zero attached hydrogens (tertiary/aromatic N) is 4. The molecule has 8 nitrogen and oxygen atoms in total. The number of aryl methyl sites for hydroxylation is 1. The summed E-state index contributed by atoms with van der Waals surface area (Å²) in [5, 5.41) is 6.10. The molecular formula is C26H35N5O3. The Morgan fingerprint density at radius 3 is 2.59 bits per heavy atom. The molecule has 0 radical (unpaired) electrons. The lowest BCUT2D eigenvalue weighted by atomic mass is 10.0. The number of H-pyrrole nitrogens is 1. The van der Waals surface area contributed by atoms with Gasteiger partial charge in [0.1, 0.15) is 0 Å². The number of rotatable bonds is 6. The first kappa shape index (κ1) is 23.1. The van der Waals surface area contributed by atoms with Crippen molar-refractivity contribution in [3.63, 3.8) is 0 Å². The van der Waals surface area contributed by atoms with Crippen LogP contribution in [0.1, 0.15) is 61.5 Å². The molecule has 1 amide bonds. The second kappa shape index (κ2) is 9.50. The summed E-state index contributed by atoms with van der Waals surface area (Å²) < 4.78 is 7.70. The fourth-order valence-corrected chi connectivity index (χ4v) is 5.41. The minimum absolute atomic E-state index is 0.0590. The highest BCUT2D eigenvalue weighted by molar-refractivity contribution is 6.07. The minimum atomic E-state index is -0.122. The number of piperazine rings is 1. The maximum absolute atomic E-state index is 13.5. The van der Waals surface area contributed by atoms with Gasteiger partial charge < -0.3 is 14.6 Å². The molecule has 1 N–H and O–H groups in total. The summed E-state index contributed by atoms with van der Waals surface area (Å²) in [5.74, 6) is 0.0590. The fraction of sp³-hybridized carbons (Fsp3) is 0.577. The second-order valence-electron chi connectivity index (χ2n) is 10.0. The van der Waals surface area contributed by atoms with Crippen molar-refractivity contribution in [1.82, 2.24) is 24.6 Å². The molecule has 2 aliphatic rings. The van der Waals surface area contributed by atoms with E-state index >= 15 is 0 Å². The number of hydrogen-bond acceptors (Lipinski definition) is 5. The molecule has 1 aliphatic carbocycles. The zero-order chi connectivity index (χ0) is 23.8. The van der Waals surface area contributed by atoms with Crippen LogP contribution in [0.25, 0.3) is 21.8 Å². The van der Waals surface area contributed by atoms with Gasteiger partial charge in [0.15, 0.2) is 0 Å². The normalized spacial score (nSPS) is 18.1. The molecule has 0 bridgehead atoms. The Bertz CT molecular complexity index is 1250. The molecule has 182 valence electrons. The fourth-order valence-electron chi connectivity index (χ4n) is 5.41. The summed E-state index contributed by atoms with van der Waals surface area (Å²) in [6.07, 6.45) is 6.45. The van der Waals surface area contributed by atoms with Gasteiger partial charge in [-0.15, -0.1) is 0 Å². The lowest BCUT2D eigenvalue weighted by molar-refractivity contribution is 0.0406. The van der Waals surface area contributed by atoms with Crippen LogP contribution in [0.2, 0.25) is 0 Å². The van der Waals surface area contributed by atoms with Gasteiger partial charge in [-0.25, -0.2) is 0 Å². The molecule has 1 saturated carbocycles. The van der Waals surface area contributed by atoms with Gasteiger partial charge in [-0.1, -0.05) is 12.8 Å². The summed E-state index contributed by atoms with van der Waals surface area (Å²) in [6, 6.07) is 4.23. The molecule has 0 atom stereocenters. The maximum atomic E-state index is 13.5. The molecule has 3 heterocycles. The zero-order valence-electron chi connectivity index (χ0n) is 20.5. The summed E-state index contributed by atoms with van der Waals surface area (Å²) in [4.78, 5) is 33.6. The Morgan fingerprint density at radius 1 is 1.15 bits per heavy atom. The number of aromatic amines is 1. The van der Waals surface area contributed by atoms with E-state index in [0.717, 1.165) is 61.1 Å². The van der Waals surface area contributed by atoms with Gasteiger partial charge in [-0.2, -0.15) is 5.10 Å². The topological polar surface area (TPSA) is 83.5 Å². The van der Waals surface area contributed by atoms with Gasteiger partial charge in [0.05, 0.1) is 41.4 Å². The lowest BCUT2D eigenvalue weighted by Crippen LogP contribution is -2.49. The third kappa shape index (κ3) is 4.36. The molecule has 1 aromatic carbocycles. The summed E-state index contributed by atoms with van der Waals surface area (Å²) in [6.45, 7) is 10.8. The van der Waals surface area contributed by atoms with Gasteiger partial charge >= 0.3 is 0 Å². The van der Waals surface area contributed by atoms with Gasteiger partial charge in [0, 0.05) is 43.7 Å². The highest BCUT2D eigenvalue weighted by Gasteiger charge is 2.26. The highest BCUT2D eigenvalue weighted by Crippen LogP contribution is 2.34. The predicted octanol–water partition coefficient (Wildman–Crippen LogP) is 3.48. The van der Waals surface area contributed by atoms with Crippen molar-refractivity contribution in [2.24, 2.45) is 0 Å². The molecule has 2 aromatic heterocycles. The first-order valence-corrected chi connectivity index (χ1v) is 12.6. The lowest BCUT2D eigenvalue weighted by Gasteiger charge is -2.35. The van der Waals surface area contributed by atoms with Crippen molar-refractivity contribution in [3.8, 4) is 0 Å². The first-order chi connectivity index (χ1) is 16.4. The molecule has 8 heteroatoms. The minimum Gasteiger partial charge on any atom is -0.377 e. The molecule has 1 aliphatic heterocycles. The van der Waals surface area contributed by atoms with E-state index in [1.165, 1.54) is 12.8 Å². The van der Waals surface area contributed by atoms with Crippen LogP contribution in [0.15, 0.2) is 23.1 Å². The smallest absolute Gasteiger partial charge is 0.259 e. The number of aromatic nitrogens is 3. The largest absolute Gasteiger partial charge is 0.377 e. The average molecular weight is 466 g/mol. The first-order valence-electron chi connectivity index (χ1n) is 12.6. The van der Waals surface area contributed by atoms with E-state index in [2.05, 4.69) is 15.0 Å². The van der Waals surface area contributed by atoms with Crippen LogP contribution in [-0.2, 0) is 4.74 Å². The number of ether oxygens (including phenoxy) is 1. The van der Waals surface area contributed by atoms with Crippen LogP contribution in [0.5, 0.6) is 0 Å². The average Bonchev–Trinajstić information content (AvgIpc) is 3.49. The van der Waals surface area contributed by atoms with E-state index in [1.54, 1.807) is 6.20 Å². The van der Waals surface area contributed by atoms with Crippen molar-refractivity contribution in [2.45, 2.75) is 58.6 Å². The SMILES string of the molecule is Cc1cc2[nH]c(=O)c3cnn(C4CCCC4)c3c2cc1C(=O)N1CCN(CCOC(C)C)CC1. The number of nitrogens with one attached hydrogen (secondary N) is 1. The molecular weight excluding hydrogens is 430 g/mol. The van der Waals surface area contributed by atoms with Gasteiger partial charge in [0.25, 0.3) is 11.5 Å². The number of carbonyl (C=O) groups is 1. The van der Waals surface area contributed by atoms with E-state index in [1.807, 2.05) is 42.5 Å². The van der Waals surface area contributed by atoms with Gasteiger partial charge in [-0.3, -0.25) is 19.2 Å². The molecule has 2 fully saturated rings. The summed E-state index contributed by atoms with van der Waals surface area (Å²) in [5.41, 5.74) is 3.09. The molecule has 0 spiro atoms. The van der Waals surface area contributed by atoms with Crippen LogP contribution in [0.3, 0.4) is 0 Å². The molecule has 0 unspecified atom stereocenters. The number of hydrogen-bond donors (Lipinski definition) is 1. The highest BCUT2D eigenvalue weighted by atomic mass is 16.5. The third-order valence-electron chi connectivity index (χ3n) is 7.33. The number of benzene rings is 1. The van der Waals surface area contributed by atoms with Crippen LogP contribution >= 0.6 is 0 Å². The Hall–Kier alpha value is -2.71. The van der Waals surface area contributed by atoms with Crippen molar-refractivity contribution in [1.29, 1.82) is 0 Å². The second-order valence-corrected chi connectivity index (χ2v) is 10.0. The molecule has 5 rings (SSSR count). The van der Waals surface area contributed by atoms with E-state index in [0.29, 0.717) is 30.1 Å². The van der Waals surface area contributed by atoms with E-state index < -0.39 is 0 Å². The van der Waals surface area contributed by atoms with Crippen LogP contribution in [-0.4, -0.2) is 75.9 Å². The zero-order valence-corrected chi connectivity index (χ0v) is 20.5. The van der Waals surface area contributed by atoms with Crippen molar-refractivity contribution < 1.29 is 9.53 Å². The molecule has 34 heavy (non-hydrogen) atoms. The Labute approximate surface area is 199 Å². The van der Waals surface area contributed by atoms with E-state index in [9.17, 15) is 9.59 Å². The quantitative estimate of drug-likeness (QED) is 0.603. The standard InChI is InChI=1S/C26H35N5O3/c1-17(2)34-13-12-29-8-10-30(11-9-29)26(33)20-15-21-23(14-18(20)3)28-25(32)22-16-27-31(24(21)22)19-6-4-5-7-19/h14-17,19H,4-13H2,1-3H3,(H,28,32). The number of carbonyl (C=O) groups excluding carboxylic acids is 1. The van der Waals surface area contributed by atoms with Crippen molar-refractivity contribution >= 4 is 27.7 Å². The van der Waals surface area contributed by atoms with Crippen molar-refractivity contribution in [2.75, 3.05) is 39.3 Å². The van der Waals surface area contributed by atoms with E-state index in [-0.39, 0.29) is 17.6 Å². The van der Waals surface area contributed by atoms with Crippen LogP contribution < -0.4 is 5.56 Å².